The van der Waals surface area contributed by atoms with Gasteiger partial charge in [0.1, 0.15) is 0 Å². The summed E-state index contributed by atoms with van der Waals surface area (Å²) in [6, 6.07) is 0. The molecule has 0 bridgehead atoms. The first-order chi connectivity index (χ1) is 7.31. The molecule has 96 valence electrons. The maximum Gasteiger partial charge on any atom is 0.413 e. The van der Waals surface area contributed by atoms with Gasteiger partial charge in [0.25, 0.3) is 0 Å². The van der Waals surface area contributed by atoms with Gasteiger partial charge in [0.05, 0.1) is 5.25 Å². The van der Waals surface area contributed by atoms with E-state index in [2.05, 4.69) is 4.84 Å². The monoisotopic (exact) mass is 261 g/mol. The number of alkyl halides is 3. The van der Waals surface area contributed by atoms with Gasteiger partial charge in [-0.05, 0) is 12.8 Å². The molecule has 0 heterocycles. The van der Waals surface area contributed by atoms with E-state index < -0.39 is 28.1 Å². The van der Waals surface area contributed by atoms with Crippen molar-refractivity contribution >= 4 is 10.0 Å². The van der Waals surface area contributed by atoms with Crippen LogP contribution in [0.1, 0.15) is 32.1 Å². The van der Waals surface area contributed by atoms with Gasteiger partial charge < -0.3 is 0 Å². The van der Waals surface area contributed by atoms with E-state index >= 15 is 0 Å². The van der Waals surface area contributed by atoms with Crippen LogP contribution in [0.3, 0.4) is 0 Å². The number of halogens is 3. The van der Waals surface area contributed by atoms with E-state index in [-0.39, 0.29) is 0 Å². The van der Waals surface area contributed by atoms with E-state index in [1.165, 1.54) is 4.89 Å². The highest BCUT2D eigenvalue weighted by atomic mass is 32.2. The van der Waals surface area contributed by atoms with Crippen molar-refractivity contribution in [3.05, 3.63) is 0 Å². The third-order valence-electron chi connectivity index (χ3n) is 2.40. The van der Waals surface area contributed by atoms with E-state index in [0.717, 1.165) is 19.3 Å². The predicted molar refractivity (Wildman–Crippen MR) is 50.9 cm³/mol. The molecule has 0 amide bonds. The number of sulfonamides is 1. The highest BCUT2D eigenvalue weighted by Crippen LogP contribution is 2.23. The van der Waals surface area contributed by atoms with Gasteiger partial charge >= 0.3 is 6.18 Å². The van der Waals surface area contributed by atoms with Crippen molar-refractivity contribution < 1.29 is 26.4 Å². The summed E-state index contributed by atoms with van der Waals surface area (Å²) in [6.45, 7) is -1.61. The van der Waals surface area contributed by atoms with Gasteiger partial charge in [-0.2, -0.15) is 13.2 Å². The van der Waals surface area contributed by atoms with Crippen LogP contribution in [0, 0.1) is 0 Å². The molecule has 1 fully saturated rings. The Kier molecular flexibility index (Phi) is 4.57. The summed E-state index contributed by atoms with van der Waals surface area (Å²) in [4.78, 5) is 5.49. The topological polar surface area (TPSA) is 55.4 Å². The van der Waals surface area contributed by atoms with Crippen molar-refractivity contribution in [3.63, 3.8) is 0 Å². The first-order valence-corrected chi connectivity index (χ1v) is 6.55. The van der Waals surface area contributed by atoms with Crippen LogP contribution < -0.4 is 4.89 Å². The lowest BCUT2D eigenvalue weighted by molar-refractivity contribution is -0.181. The number of rotatable bonds is 4. The molecular weight excluding hydrogens is 247 g/mol. The molecule has 0 atom stereocenters. The van der Waals surface area contributed by atoms with Gasteiger partial charge in [0, 0.05) is 0 Å². The zero-order chi connectivity index (χ0) is 12.2. The zero-order valence-corrected chi connectivity index (χ0v) is 9.40. The molecular formula is C8H14F3NO3S. The predicted octanol–water partition coefficient (Wildman–Crippen LogP) is 1.73. The average Bonchev–Trinajstić information content (AvgIpc) is 2.17. The summed E-state index contributed by atoms with van der Waals surface area (Å²) in [7, 11) is -3.78. The Morgan fingerprint density at radius 1 is 1.19 bits per heavy atom. The Balaban J connectivity index is 2.39. The van der Waals surface area contributed by atoms with E-state index in [1.54, 1.807) is 0 Å². The molecule has 1 N–H and O–H groups in total. The molecule has 0 radical (unpaired) electrons. The third-order valence-corrected chi connectivity index (χ3v) is 4.10. The van der Waals surface area contributed by atoms with Crippen LogP contribution in [0.5, 0.6) is 0 Å². The lowest BCUT2D eigenvalue weighted by Crippen LogP contribution is -2.37. The molecule has 0 saturated heterocycles. The summed E-state index contributed by atoms with van der Waals surface area (Å²) in [5.41, 5.74) is 0. The third kappa shape index (κ3) is 4.67. The molecule has 1 rings (SSSR count). The van der Waals surface area contributed by atoms with Crippen LogP contribution in [0.25, 0.3) is 0 Å². The van der Waals surface area contributed by atoms with Crippen molar-refractivity contribution in [1.29, 1.82) is 0 Å². The van der Waals surface area contributed by atoms with Gasteiger partial charge in [-0.15, -0.1) is 0 Å². The Bertz CT molecular complexity index is 309. The molecule has 1 aliphatic rings. The molecule has 8 heteroatoms. The van der Waals surface area contributed by atoms with Crippen molar-refractivity contribution in [2.24, 2.45) is 0 Å². The summed E-state index contributed by atoms with van der Waals surface area (Å²) in [5.74, 6) is 0. The number of nitrogens with one attached hydrogen (secondary N) is 1. The molecule has 0 unspecified atom stereocenters. The minimum absolute atomic E-state index is 0.477. The Morgan fingerprint density at radius 3 is 2.25 bits per heavy atom. The number of hydrogen-bond acceptors (Lipinski definition) is 3. The van der Waals surface area contributed by atoms with Gasteiger partial charge in [-0.1, -0.05) is 24.1 Å². The van der Waals surface area contributed by atoms with Crippen LogP contribution in [-0.4, -0.2) is 26.5 Å². The van der Waals surface area contributed by atoms with E-state index in [0.29, 0.717) is 12.8 Å². The quantitative estimate of drug-likeness (QED) is 0.784. The van der Waals surface area contributed by atoms with E-state index in [1.807, 2.05) is 0 Å². The molecule has 1 aliphatic carbocycles. The normalized spacial score (nSPS) is 19.9. The minimum Gasteiger partial charge on any atom is -0.278 e. The lowest BCUT2D eigenvalue weighted by atomic mass is 10.0. The SMILES string of the molecule is O=S(=O)(NOCC(F)(F)F)C1CCCCC1. The fraction of sp³-hybridized carbons (Fsp3) is 1.00. The molecule has 0 aromatic heterocycles. The van der Waals surface area contributed by atoms with Crippen LogP contribution >= 0.6 is 0 Å². The standard InChI is InChI=1S/C8H14F3NO3S/c9-8(10,11)6-15-12-16(13,14)7-4-2-1-3-5-7/h7,12H,1-6H2. The molecule has 16 heavy (non-hydrogen) atoms. The van der Waals surface area contributed by atoms with Crippen molar-refractivity contribution in [1.82, 2.24) is 4.89 Å². The molecule has 0 aromatic rings. The van der Waals surface area contributed by atoms with Crippen LogP contribution in [0.4, 0.5) is 13.2 Å². The highest BCUT2D eigenvalue weighted by molar-refractivity contribution is 7.89. The van der Waals surface area contributed by atoms with Crippen LogP contribution in [0.2, 0.25) is 0 Å². The highest BCUT2D eigenvalue weighted by Gasteiger charge is 2.31. The smallest absolute Gasteiger partial charge is 0.278 e. The Labute approximate surface area is 92.2 Å². The molecule has 4 nitrogen and oxygen atoms in total. The summed E-state index contributed by atoms with van der Waals surface area (Å²) in [5, 5.41) is -0.630. The second-order valence-corrected chi connectivity index (χ2v) is 5.72. The van der Waals surface area contributed by atoms with Gasteiger partial charge in [0.15, 0.2) is 6.61 Å². The maximum absolute atomic E-state index is 11.7. The van der Waals surface area contributed by atoms with Gasteiger partial charge in [-0.3, -0.25) is 4.84 Å². The van der Waals surface area contributed by atoms with Gasteiger partial charge in [0.2, 0.25) is 10.0 Å². The summed E-state index contributed by atoms with van der Waals surface area (Å²) in [6.07, 6.45) is -1.05. The fourth-order valence-corrected chi connectivity index (χ4v) is 2.95. The average molecular weight is 261 g/mol. The molecule has 0 spiro atoms. The molecule has 0 aliphatic heterocycles. The zero-order valence-electron chi connectivity index (χ0n) is 8.59. The van der Waals surface area contributed by atoms with Crippen molar-refractivity contribution in [3.8, 4) is 0 Å². The van der Waals surface area contributed by atoms with Crippen molar-refractivity contribution in [2.75, 3.05) is 6.61 Å². The van der Waals surface area contributed by atoms with E-state index in [9.17, 15) is 21.6 Å². The first kappa shape index (κ1) is 13.7. The summed E-state index contributed by atoms with van der Waals surface area (Å²) >= 11 is 0. The second-order valence-electron chi connectivity index (χ2n) is 3.79. The fourth-order valence-electron chi connectivity index (χ4n) is 1.64. The Morgan fingerprint density at radius 2 is 1.75 bits per heavy atom. The minimum atomic E-state index is -4.53. The Hall–Kier alpha value is -0.340. The van der Waals surface area contributed by atoms with Gasteiger partial charge in [-0.25, -0.2) is 8.42 Å². The van der Waals surface area contributed by atoms with Crippen LogP contribution in [0.15, 0.2) is 0 Å². The van der Waals surface area contributed by atoms with E-state index in [4.69, 9.17) is 0 Å². The van der Waals surface area contributed by atoms with Crippen molar-refractivity contribution in [2.45, 2.75) is 43.5 Å². The number of hydrogen-bond donors (Lipinski definition) is 1. The largest absolute Gasteiger partial charge is 0.413 e. The summed E-state index contributed by atoms with van der Waals surface area (Å²) < 4.78 is 58.1. The molecule has 0 aromatic carbocycles. The molecule has 1 saturated carbocycles. The lowest BCUT2D eigenvalue weighted by Gasteiger charge is -2.21. The maximum atomic E-state index is 11.7. The first-order valence-electron chi connectivity index (χ1n) is 5.00. The second kappa shape index (κ2) is 5.33. The van der Waals surface area contributed by atoms with Crippen LogP contribution in [-0.2, 0) is 14.9 Å².